The Kier molecular flexibility index (Phi) is 7.66. The molecule has 0 spiro atoms. The molecule has 0 aliphatic rings. The summed E-state index contributed by atoms with van der Waals surface area (Å²) in [5, 5.41) is -0.702. The summed E-state index contributed by atoms with van der Waals surface area (Å²) in [7, 11) is 0. The summed E-state index contributed by atoms with van der Waals surface area (Å²) < 4.78 is 133. The Morgan fingerprint density at radius 3 is 0.795 bits per heavy atom. The van der Waals surface area contributed by atoms with Crippen LogP contribution >= 0.6 is 34.8 Å². The van der Waals surface area contributed by atoms with Crippen molar-refractivity contribution < 1.29 is 39.5 Å². The summed E-state index contributed by atoms with van der Waals surface area (Å²) in [6.07, 6.45) is -17.1. The number of rotatable bonds is 3. The highest BCUT2D eigenvalue weighted by Crippen LogP contribution is 2.57. The Labute approximate surface area is 230 Å². The molecule has 0 saturated carbocycles. The van der Waals surface area contributed by atoms with Gasteiger partial charge >= 0.3 is 18.5 Å². The van der Waals surface area contributed by atoms with Crippen molar-refractivity contribution in [1.29, 1.82) is 0 Å². The van der Waals surface area contributed by atoms with E-state index in [1.165, 1.54) is 18.2 Å². The van der Waals surface area contributed by atoms with Crippen molar-refractivity contribution in [3.8, 4) is 33.4 Å². The second kappa shape index (κ2) is 10.3. The summed E-state index contributed by atoms with van der Waals surface area (Å²) in [6.45, 7) is 0. The third-order valence-electron chi connectivity index (χ3n) is 5.69. The van der Waals surface area contributed by atoms with Gasteiger partial charge in [0.15, 0.2) is 0 Å². The first-order valence-electron chi connectivity index (χ1n) is 10.7. The molecule has 0 fully saturated rings. The molecule has 4 aromatic rings. The summed E-state index contributed by atoms with van der Waals surface area (Å²) in [6, 6.07) is 12.0. The van der Waals surface area contributed by atoms with Crippen molar-refractivity contribution in [1.82, 2.24) is 0 Å². The lowest BCUT2D eigenvalue weighted by Gasteiger charge is -2.30. The van der Waals surface area contributed by atoms with Crippen LogP contribution in [0.15, 0.2) is 72.8 Å². The molecule has 0 unspecified atom stereocenters. The standard InChI is InChI=1S/C27H12Cl3F9/c28-16-7-1-4-13(10-16)19-22(25(31,32)33)20(14-5-2-8-17(29)11-14)24(27(37,38)39)21(23(19)26(34,35)36)15-6-3-9-18(30)12-15/h1-12H. The van der Waals surface area contributed by atoms with Crippen molar-refractivity contribution in [2.45, 2.75) is 18.5 Å². The van der Waals surface area contributed by atoms with Crippen molar-refractivity contribution in [3.63, 3.8) is 0 Å². The maximum atomic E-state index is 14.8. The zero-order valence-corrected chi connectivity index (χ0v) is 21.2. The van der Waals surface area contributed by atoms with Crippen LogP contribution in [0.5, 0.6) is 0 Å². The second-order valence-electron chi connectivity index (χ2n) is 8.27. The van der Waals surface area contributed by atoms with Crippen molar-refractivity contribution in [3.05, 3.63) is 105 Å². The van der Waals surface area contributed by atoms with Crippen LogP contribution in [-0.2, 0) is 18.5 Å². The fourth-order valence-corrected chi connectivity index (χ4v) is 4.97. The molecule has 0 N–H and O–H groups in total. The van der Waals surface area contributed by atoms with Crippen LogP contribution in [-0.4, -0.2) is 0 Å². The normalized spacial score (nSPS) is 12.6. The van der Waals surface area contributed by atoms with E-state index in [1.54, 1.807) is 0 Å². The molecule has 0 heterocycles. The van der Waals surface area contributed by atoms with E-state index in [-0.39, 0.29) is 15.1 Å². The molecule has 4 rings (SSSR count). The smallest absolute Gasteiger partial charge is 0.166 e. The Balaban J connectivity index is 2.47. The van der Waals surface area contributed by atoms with Crippen LogP contribution < -0.4 is 0 Å². The van der Waals surface area contributed by atoms with Crippen molar-refractivity contribution >= 4 is 34.8 Å². The topological polar surface area (TPSA) is 0 Å². The van der Waals surface area contributed by atoms with Gasteiger partial charge in [-0.15, -0.1) is 0 Å². The van der Waals surface area contributed by atoms with E-state index >= 15 is 0 Å². The van der Waals surface area contributed by atoms with Gasteiger partial charge in [0, 0.05) is 31.8 Å². The molecular weight excluding hydrogens is 602 g/mol. The number of hydrogen-bond donors (Lipinski definition) is 0. The fraction of sp³-hybridized carbons (Fsp3) is 0.111. The lowest BCUT2D eigenvalue weighted by Crippen LogP contribution is -2.23. The van der Waals surface area contributed by atoms with Crippen LogP contribution in [0.1, 0.15) is 16.7 Å². The summed E-state index contributed by atoms with van der Waals surface area (Å²) >= 11 is 17.7. The van der Waals surface area contributed by atoms with Gasteiger partial charge in [-0.25, -0.2) is 0 Å². The van der Waals surface area contributed by atoms with E-state index < -0.39 is 68.6 Å². The Bertz CT molecular complexity index is 1350. The molecule has 204 valence electrons. The lowest BCUT2D eigenvalue weighted by atomic mass is 9.78. The molecule has 39 heavy (non-hydrogen) atoms. The predicted octanol–water partition coefficient (Wildman–Crippen LogP) is 11.7. The number of alkyl halides is 9. The Morgan fingerprint density at radius 2 is 0.615 bits per heavy atom. The highest BCUT2D eigenvalue weighted by molar-refractivity contribution is 6.31. The monoisotopic (exact) mass is 612 g/mol. The van der Waals surface area contributed by atoms with Gasteiger partial charge in [0.1, 0.15) is 0 Å². The van der Waals surface area contributed by atoms with Gasteiger partial charge in [-0.2, -0.15) is 39.5 Å². The van der Waals surface area contributed by atoms with E-state index in [4.69, 9.17) is 34.8 Å². The van der Waals surface area contributed by atoms with E-state index in [9.17, 15) is 39.5 Å². The molecule has 0 bridgehead atoms. The fourth-order valence-electron chi connectivity index (χ4n) is 4.40. The maximum Gasteiger partial charge on any atom is 0.417 e. The highest BCUT2D eigenvalue weighted by Gasteiger charge is 2.51. The van der Waals surface area contributed by atoms with Crippen LogP contribution in [0.2, 0.25) is 15.1 Å². The molecule has 0 aliphatic heterocycles. The minimum absolute atomic E-state index is 0.234. The molecule has 0 saturated heterocycles. The molecule has 0 radical (unpaired) electrons. The molecule has 0 amide bonds. The highest BCUT2D eigenvalue weighted by atomic mass is 35.5. The van der Waals surface area contributed by atoms with Gasteiger partial charge in [0.25, 0.3) is 0 Å². The number of benzene rings is 4. The van der Waals surface area contributed by atoms with Crippen LogP contribution in [0, 0.1) is 0 Å². The van der Waals surface area contributed by atoms with Gasteiger partial charge in [-0.3, -0.25) is 0 Å². The Hall–Kier alpha value is -2.88. The third kappa shape index (κ3) is 5.85. The van der Waals surface area contributed by atoms with E-state index in [2.05, 4.69) is 0 Å². The van der Waals surface area contributed by atoms with Gasteiger partial charge in [-0.05, 0) is 53.1 Å². The molecule has 0 aliphatic carbocycles. The summed E-state index contributed by atoms with van der Waals surface area (Å²) in [5.41, 5.74) is -13.1. The van der Waals surface area contributed by atoms with Gasteiger partial charge in [0.2, 0.25) is 0 Å². The summed E-state index contributed by atoms with van der Waals surface area (Å²) in [5.74, 6) is 0. The zero-order chi connectivity index (χ0) is 28.9. The van der Waals surface area contributed by atoms with Crippen LogP contribution in [0.25, 0.3) is 33.4 Å². The van der Waals surface area contributed by atoms with Gasteiger partial charge < -0.3 is 0 Å². The third-order valence-corrected chi connectivity index (χ3v) is 6.40. The molecular formula is C27H12Cl3F9. The zero-order valence-electron chi connectivity index (χ0n) is 19.0. The largest absolute Gasteiger partial charge is 0.417 e. The van der Waals surface area contributed by atoms with Crippen molar-refractivity contribution in [2.75, 3.05) is 0 Å². The number of halogens is 12. The quantitative estimate of drug-likeness (QED) is 0.202. The molecule has 0 aromatic heterocycles. The van der Waals surface area contributed by atoms with Crippen LogP contribution in [0.4, 0.5) is 39.5 Å². The summed E-state index contributed by atoms with van der Waals surface area (Å²) in [4.78, 5) is 0. The van der Waals surface area contributed by atoms with Gasteiger partial charge in [-0.1, -0.05) is 71.2 Å². The Morgan fingerprint density at radius 1 is 0.385 bits per heavy atom. The van der Waals surface area contributed by atoms with Gasteiger partial charge in [0.05, 0.1) is 16.7 Å². The first-order valence-corrected chi connectivity index (χ1v) is 11.9. The minimum atomic E-state index is -5.69. The average molecular weight is 614 g/mol. The maximum absolute atomic E-state index is 14.8. The van der Waals surface area contributed by atoms with E-state index in [0.29, 0.717) is 0 Å². The molecule has 0 atom stereocenters. The SMILES string of the molecule is FC(F)(F)c1c(-c2cccc(Cl)c2)c(C(F)(F)F)c(-c2cccc(Cl)c2)c(C(F)(F)F)c1-c1cccc(Cl)c1. The van der Waals surface area contributed by atoms with E-state index in [0.717, 1.165) is 54.6 Å². The first-order chi connectivity index (χ1) is 18.0. The second-order valence-corrected chi connectivity index (χ2v) is 9.58. The first kappa shape index (κ1) is 29.1. The minimum Gasteiger partial charge on any atom is -0.166 e. The lowest BCUT2D eigenvalue weighted by molar-refractivity contribution is -0.146. The molecule has 0 nitrogen and oxygen atoms in total. The van der Waals surface area contributed by atoms with E-state index in [1.807, 2.05) is 0 Å². The number of hydrogen-bond acceptors (Lipinski definition) is 0. The predicted molar refractivity (Wildman–Crippen MR) is 133 cm³/mol. The average Bonchev–Trinajstić information content (AvgIpc) is 2.80. The van der Waals surface area contributed by atoms with Crippen molar-refractivity contribution in [2.24, 2.45) is 0 Å². The molecule has 4 aromatic carbocycles. The molecule has 12 heteroatoms. The van der Waals surface area contributed by atoms with Crippen LogP contribution in [0.3, 0.4) is 0 Å².